The first-order valence-electron chi connectivity index (χ1n) is 6.12. The second-order valence-electron chi connectivity index (χ2n) is 4.43. The van der Waals surface area contributed by atoms with Crippen molar-refractivity contribution in [3.05, 3.63) is 59.9 Å². The smallest absolute Gasteiger partial charge is 0.325 e. The summed E-state index contributed by atoms with van der Waals surface area (Å²) in [7, 11) is 0. The largest absolute Gasteiger partial charge is 0.480 e. The van der Waals surface area contributed by atoms with E-state index in [1.165, 1.54) is 11.1 Å². The summed E-state index contributed by atoms with van der Waals surface area (Å²) in [6.07, 6.45) is 4.40. The van der Waals surface area contributed by atoms with Crippen molar-refractivity contribution in [1.29, 1.82) is 0 Å². The molecule has 0 radical (unpaired) electrons. The van der Waals surface area contributed by atoms with Gasteiger partial charge < -0.3 is 10.4 Å². The Bertz CT molecular complexity index is 538. The van der Waals surface area contributed by atoms with Gasteiger partial charge in [-0.1, -0.05) is 12.1 Å². The van der Waals surface area contributed by atoms with Gasteiger partial charge in [0.2, 0.25) is 0 Å². The summed E-state index contributed by atoms with van der Waals surface area (Å²) >= 11 is 0. The highest BCUT2D eigenvalue weighted by Crippen LogP contribution is 2.14. The van der Waals surface area contributed by atoms with Gasteiger partial charge in [0.05, 0.1) is 0 Å². The second kappa shape index (κ2) is 6.00. The monoisotopic (exact) mass is 256 g/mol. The van der Waals surface area contributed by atoms with E-state index in [9.17, 15) is 4.79 Å². The van der Waals surface area contributed by atoms with E-state index >= 15 is 0 Å². The van der Waals surface area contributed by atoms with Crippen molar-refractivity contribution in [3.63, 3.8) is 0 Å². The number of carbonyl (C=O) groups is 1. The number of carboxylic acids is 1. The van der Waals surface area contributed by atoms with Crippen LogP contribution < -0.4 is 5.32 Å². The molecule has 1 atom stereocenters. The number of hydrogen-bond acceptors (Lipinski definition) is 3. The van der Waals surface area contributed by atoms with Gasteiger partial charge in [0.25, 0.3) is 0 Å². The maximum atomic E-state index is 10.7. The Kier molecular flexibility index (Phi) is 4.13. The molecular weight excluding hydrogens is 240 g/mol. The zero-order chi connectivity index (χ0) is 13.7. The Morgan fingerprint density at radius 1 is 1.16 bits per heavy atom. The topological polar surface area (TPSA) is 62.2 Å². The summed E-state index contributed by atoms with van der Waals surface area (Å²) in [5, 5.41) is 11.7. The number of anilines is 1. The lowest BCUT2D eigenvalue weighted by atomic mass is 10.1. The van der Waals surface area contributed by atoms with E-state index in [1.54, 1.807) is 19.3 Å². The first-order chi connectivity index (χ1) is 9.15. The van der Waals surface area contributed by atoms with E-state index in [2.05, 4.69) is 10.3 Å². The molecule has 0 aliphatic heterocycles. The normalized spacial score (nSPS) is 11.8. The number of aromatic nitrogens is 1. The molecule has 4 nitrogen and oxygen atoms in total. The van der Waals surface area contributed by atoms with Crippen LogP contribution in [0.2, 0.25) is 0 Å². The minimum Gasteiger partial charge on any atom is -0.480 e. The lowest BCUT2D eigenvalue weighted by Crippen LogP contribution is -2.25. The number of pyridine rings is 1. The van der Waals surface area contributed by atoms with Crippen LogP contribution in [-0.4, -0.2) is 22.1 Å². The fourth-order valence-electron chi connectivity index (χ4n) is 1.77. The molecule has 0 amide bonds. The van der Waals surface area contributed by atoms with Crippen LogP contribution >= 0.6 is 0 Å². The SMILES string of the molecule is C[C@H](Nc1ccc(Cc2ccncc2)cc1)C(=O)O. The molecule has 0 fully saturated rings. The van der Waals surface area contributed by atoms with Gasteiger partial charge in [0, 0.05) is 18.1 Å². The van der Waals surface area contributed by atoms with Gasteiger partial charge in [-0.25, -0.2) is 0 Å². The van der Waals surface area contributed by atoms with Gasteiger partial charge in [-0.05, 0) is 48.7 Å². The van der Waals surface area contributed by atoms with E-state index < -0.39 is 12.0 Å². The van der Waals surface area contributed by atoms with E-state index in [0.29, 0.717) is 0 Å². The molecule has 98 valence electrons. The van der Waals surface area contributed by atoms with Crippen molar-refractivity contribution in [3.8, 4) is 0 Å². The molecular formula is C15H16N2O2. The summed E-state index contributed by atoms with van der Waals surface area (Å²) in [6, 6.07) is 11.2. The highest BCUT2D eigenvalue weighted by atomic mass is 16.4. The van der Waals surface area contributed by atoms with Gasteiger partial charge in [-0.2, -0.15) is 0 Å². The summed E-state index contributed by atoms with van der Waals surface area (Å²) in [6.45, 7) is 1.62. The molecule has 4 heteroatoms. The van der Waals surface area contributed by atoms with Crippen LogP contribution in [0.1, 0.15) is 18.1 Å². The van der Waals surface area contributed by atoms with Crippen LogP contribution in [-0.2, 0) is 11.2 Å². The molecule has 0 spiro atoms. The highest BCUT2D eigenvalue weighted by Gasteiger charge is 2.09. The third-order valence-corrected chi connectivity index (χ3v) is 2.87. The van der Waals surface area contributed by atoms with Crippen molar-refractivity contribution in [2.75, 3.05) is 5.32 Å². The quantitative estimate of drug-likeness (QED) is 0.863. The molecule has 19 heavy (non-hydrogen) atoms. The van der Waals surface area contributed by atoms with Crippen LogP contribution in [0.25, 0.3) is 0 Å². The number of nitrogens with one attached hydrogen (secondary N) is 1. The van der Waals surface area contributed by atoms with Gasteiger partial charge in [0.1, 0.15) is 6.04 Å². The number of rotatable bonds is 5. The predicted molar refractivity (Wildman–Crippen MR) is 74.2 cm³/mol. The minimum atomic E-state index is -0.860. The van der Waals surface area contributed by atoms with Crippen molar-refractivity contribution < 1.29 is 9.90 Å². The summed E-state index contributed by atoms with van der Waals surface area (Å²) < 4.78 is 0. The summed E-state index contributed by atoms with van der Waals surface area (Å²) in [5.41, 5.74) is 3.20. The molecule has 1 aromatic carbocycles. The third-order valence-electron chi connectivity index (χ3n) is 2.87. The molecule has 0 unspecified atom stereocenters. The molecule has 0 aliphatic carbocycles. The Morgan fingerprint density at radius 2 is 1.74 bits per heavy atom. The number of hydrogen-bond donors (Lipinski definition) is 2. The Labute approximate surface area is 112 Å². The van der Waals surface area contributed by atoms with E-state index in [-0.39, 0.29) is 0 Å². The highest BCUT2D eigenvalue weighted by molar-refractivity contribution is 5.76. The second-order valence-corrected chi connectivity index (χ2v) is 4.43. The fraction of sp³-hybridized carbons (Fsp3) is 0.200. The Hall–Kier alpha value is -2.36. The predicted octanol–water partition coefficient (Wildman–Crippen LogP) is 2.56. The molecule has 2 N–H and O–H groups in total. The average molecular weight is 256 g/mol. The van der Waals surface area contributed by atoms with Gasteiger partial charge in [-0.3, -0.25) is 9.78 Å². The molecule has 2 aromatic rings. The number of benzene rings is 1. The molecule has 1 aromatic heterocycles. The molecule has 2 rings (SSSR count). The maximum Gasteiger partial charge on any atom is 0.325 e. The van der Waals surface area contributed by atoms with E-state index in [1.807, 2.05) is 36.4 Å². The molecule has 0 saturated carbocycles. The maximum absolute atomic E-state index is 10.7. The van der Waals surface area contributed by atoms with Crippen LogP contribution in [0, 0.1) is 0 Å². The molecule has 1 heterocycles. The number of nitrogens with zero attached hydrogens (tertiary/aromatic N) is 1. The van der Waals surface area contributed by atoms with Crippen LogP contribution in [0.3, 0.4) is 0 Å². The van der Waals surface area contributed by atoms with E-state index in [4.69, 9.17) is 5.11 Å². The fourth-order valence-corrected chi connectivity index (χ4v) is 1.77. The van der Waals surface area contributed by atoms with Crippen molar-refractivity contribution in [2.24, 2.45) is 0 Å². The third kappa shape index (κ3) is 3.81. The summed E-state index contributed by atoms with van der Waals surface area (Å²) in [4.78, 5) is 14.7. The van der Waals surface area contributed by atoms with Crippen LogP contribution in [0.4, 0.5) is 5.69 Å². The minimum absolute atomic E-state index is 0.592. The number of aliphatic carboxylic acids is 1. The molecule has 0 aliphatic rings. The van der Waals surface area contributed by atoms with Gasteiger partial charge in [-0.15, -0.1) is 0 Å². The van der Waals surface area contributed by atoms with Crippen molar-refractivity contribution >= 4 is 11.7 Å². The van der Waals surface area contributed by atoms with Crippen molar-refractivity contribution in [1.82, 2.24) is 4.98 Å². The lowest BCUT2D eigenvalue weighted by molar-refractivity contribution is -0.137. The lowest BCUT2D eigenvalue weighted by Gasteiger charge is -2.11. The first kappa shape index (κ1) is 13.1. The summed E-state index contributed by atoms with van der Waals surface area (Å²) in [5.74, 6) is -0.860. The Balaban J connectivity index is 2.01. The number of carboxylic acid groups (broad SMARTS) is 1. The van der Waals surface area contributed by atoms with Crippen LogP contribution in [0.15, 0.2) is 48.8 Å². The molecule has 0 bridgehead atoms. The van der Waals surface area contributed by atoms with E-state index in [0.717, 1.165) is 12.1 Å². The van der Waals surface area contributed by atoms with Crippen LogP contribution in [0.5, 0.6) is 0 Å². The zero-order valence-electron chi connectivity index (χ0n) is 10.7. The first-order valence-corrected chi connectivity index (χ1v) is 6.12. The zero-order valence-corrected chi connectivity index (χ0v) is 10.7. The van der Waals surface area contributed by atoms with Gasteiger partial charge in [0.15, 0.2) is 0 Å². The van der Waals surface area contributed by atoms with Gasteiger partial charge >= 0.3 is 5.97 Å². The Morgan fingerprint density at radius 3 is 2.32 bits per heavy atom. The standard InChI is InChI=1S/C15H16N2O2/c1-11(15(18)19)17-14-4-2-12(3-5-14)10-13-6-8-16-9-7-13/h2-9,11,17H,10H2,1H3,(H,18,19)/t11-/m0/s1. The average Bonchev–Trinajstić information content (AvgIpc) is 2.42. The molecule has 0 saturated heterocycles. The van der Waals surface area contributed by atoms with Crippen molar-refractivity contribution in [2.45, 2.75) is 19.4 Å².